The van der Waals surface area contributed by atoms with E-state index in [1.54, 1.807) is 24.3 Å². The van der Waals surface area contributed by atoms with Gasteiger partial charge in [0, 0.05) is 5.92 Å². The zero-order valence-electron chi connectivity index (χ0n) is 16.6. The van der Waals surface area contributed by atoms with Gasteiger partial charge in [0.25, 0.3) is 5.91 Å². The Bertz CT molecular complexity index is 1000. The lowest BCUT2D eigenvalue weighted by Gasteiger charge is -2.19. The largest absolute Gasteiger partial charge is 0.453 e. The van der Waals surface area contributed by atoms with E-state index in [9.17, 15) is 9.59 Å². The van der Waals surface area contributed by atoms with Crippen LogP contribution in [0, 0.1) is 11.3 Å². The molecule has 3 rings (SSSR count). The lowest BCUT2D eigenvalue weighted by molar-refractivity contribution is -0.153. The van der Waals surface area contributed by atoms with E-state index in [1.807, 2.05) is 66.7 Å². The quantitative estimate of drug-likeness (QED) is 0.588. The summed E-state index contributed by atoms with van der Waals surface area (Å²) in [6.45, 7) is 1.52. The first-order valence-corrected chi connectivity index (χ1v) is 9.68. The van der Waals surface area contributed by atoms with Gasteiger partial charge in [-0.25, -0.2) is 0 Å². The number of esters is 1. The zero-order chi connectivity index (χ0) is 21.3. The molecule has 0 unspecified atom stereocenters. The first-order valence-electron chi connectivity index (χ1n) is 9.68. The third-order valence-corrected chi connectivity index (χ3v) is 4.76. The number of nitriles is 1. The van der Waals surface area contributed by atoms with Crippen molar-refractivity contribution < 1.29 is 14.3 Å². The van der Waals surface area contributed by atoms with Crippen LogP contribution in [0.1, 0.15) is 36.0 Å². The fraction of sp³-hybridized carbons (Fsp3) is 0.160. The lowest BCUT2D eigenvalue weighted by atomic mass is 9.88. The summed E-state index contributed by atoms with van der Waals surface area (Å²) in [4.78, 5) is 25.1. The van der Waals surface area contributed by atoms with Crippen LogP contribution in [-0.4, -0.2) is 18.0 Å². The number of nitrogens with zero attached hydrogens (tertiary/aromatic N) is 1. The average Bonchev–Trinajstić information content (AvgIpc) is 2.79. The second-order valence-electron chi connectivity index (χ2n) is 6.86. The first-order chi connectivity index (χ1) is 14.6. The van der Waals surface area contributed by atoms with E-state index in [4.69, 9.17) is 10.00 Å². The highest BCUT2D eigenvalue weighted by molar-refractivity contribution is 5.96. The van der Waals surface area contributed by atoms with Gasteiger partial charge in [0.1, 0.15) is 6.07 Å². The highest BCUT2D eigenvalue weighted by atomic mass is 16.5. The SMILES string of the molecule is C[C@H](OC(=O)CC(c1ccccc1)c1ccccc1)C(=O)Nc1ccccc1C#N. The fourth-order valence-corrected chi connectivity index (χ4v) is 3.19. The fourth-order valence-electron chi connectivity index (χ4n) is 3.19. The smallest absolute Gasteiger partial charge is 0.307 e. The third kappa shape index (κ3) is 5.33. The summed E-state index contributed by atoms with van der Waals surface area (Å²) in [7, 11) is 0. The normalized spacial score (nSPS) is 11.4. The van der Waals surface area contributed by atoms with Crippen molar-refractivity contribution in [3.05, 3.63) is 102 Å². The molecule has 0 heterocycles. The third-order valence-electron chi connectivity index (χ3n) is 4.76. The molecule has 3 aromatic carbocycles. The molecule has 0 spiro atoms. The van der Waals surface area contributed by atoms with Gasteiger partial charge in [-0.2, -0.15) is 5.26 Å². The maximum Gasteiger partial charge on any atom is 0.307 e. The van der Waals surface area contributed by atoms with Gasteiger partial charge in [-0.15, -0.1) is 0 Å². The van der Waals surface area contributed by atoms with Crippen molar-refractivity contribution in [2.45, 2.75) is 25.4 Å². The number of nitrogens with one attached hydrogen (secondary N) is 1. The summed E-state index contributed by atoms with van der Waals surface area (Å²) in [6.07, 6.45) is -0.878. The number of benzene rings is 3. The molecule has 5 heteroatoms. The molecule has 0 aromatic heterocycles. The second kappa shape index (κ2) is 10.0. The van der Waals surface area contributed by atoms with Crippen molar-refractivity contribution in [3.8, 4) is 6.07 Å². The van der Waals surface area contributed by atoms with E-state index in [2.05, 4.69) is 5.32 Å². The van der Waals surface area contributed by atoms with Gasteiger partial charge in [-0.05, 0) is 30.2 Å². The van der Waals surface area contributed by atoms with Crippen molar-refractivity contribution in [1.82, 2.24) is 0 Å². The number of hydrogen-bond donors (Lipinski definition) is 1. The Morgan fingerprint density at radius 1 is 0.900 bits per heavy atom. The zero-order valence-corrected chi connectivity index (χ0v) is 16.6. The molecule has 0 saturated heterocycles. The molecule has 150 valence electrons. The minimum atomic E-state index is -0.989. The molecule has 30 heavy (non-hydrogen) atoms. The van der Waals surface area contributed by atoms with Crippen LogP contribution in [0.5, 0.6) is 0 Å². The van der Waals surface area contributed by atoms with Crippen LogP contribution in [0.15, 0.2) is 84.9 Å². The number of anilines is 1. The molecule has 0 aliphatic rings. The number of para-hydroxylation sites is 1. The molecule has 5 nitrogen and oxygen atoms in total. The number of carbonyl (C=O) groups excluding carboxylic acids is 2. The van der Waals surface area contributed by atoms with Gasteiger partial charge >= 0.3 is 5.97 Å². The number of amides is 1. The average molecular weight is 398 g/mol. The standard InChI is InChI=1S/C25H22N2O3/c1-18(25(29)27-23-15-9-8-14-21(23)17-26)30-24(28)16-22(19-10-4-2-5-11-19)20-12-6-3-7-13-20/h2-15,18,22H,16H2,1H3,(H,27,29)/t18-/m0/s1. The predicted octanol–water partition coefficient (Wildman–Crippen LogP) is 4.65. The highest BCUT2D eigenvalue weighted by Gasteiger charge is 2.23. The van der Waals surface area contributed by atoms with Gasteiger partial charge in [0.05, 0.1) is 17.7 Å². The van der Waals surface area contributed by atoms with E-state index in [0.29, 0.717) is 11.3 Å². The molecule has 3 aromatic rings. The van der Waals surface area contributed by atoms with Crippen LogP contribution >= 0.6 is 0 Å². The van der Waals surface area contributed by atoms with Crippen LogP contribution in [-0.2, 0) is 14.3 Å². The molecule has 1 atom stereocenters. The second-order valence-corrected chi connectivity index (χ2v) is 6.86. The van der Waals surface area contributed by atoms with Crippen molar-refractivity contribution in [3.63, 3.8) is 0 Å². The Morgan fingerprint density at radius 3 is 2.00 bits per heavy atom. The molecule has 0 radical (unpaired) electrons. The van der Waals surface area contributed by atoms with Crippen LogP contribution in [0.2, 0.25) is 0 Å². The van der Waals surface area contributed by atoms with Crippen LogP contribution < -0.4 is 5.32 Å². The Kier molecular flexibility index (Phi) is 6.96. The molecular weight excluding hydrogens is 376 g/mol. The van der Waals surface area contributed by atoms with Gasteiger partial charge in [-0.3, -0.25) is 9.59 Å². The molecule has 0 aliphatic carbocycles. The summed E-state index contributed by atoms with van der Waals surface area (Å²) in [5.41, 5.74) is 2.73. The maximum absolute atomic E-state index is 12.6. The molecule has 1 N–H and O–H groups in total. The predicted molar refractivity (Wildman–Crippen MR) is 115 cm³/mol. The number of ether oxygens (including phenoxy) is 1. The van der Waals surface area contributed by atoms with E-state index < -0.39 is 18.0 Å². The van der Waals surface area contributed by atoms with Crippen molar-refractivity contribution in [2.24, 2.45) is 0 Å². The minimum absolute atomic E-state index is 0.112. The summed E-state index contributed by atoms with van der Waals surface area (Å²) < 4.78 is 5.40. The van der Waals surface area contributed by atoms with Crippen molar-refractivity contribution in [1.29, 1.82) is 5.26 Å². The Morgan fingerprint density at radius 2 is 1.43 bits per heavy atom. The summed E-state index contributed by atoms with van der Waals surface area (Å²) >= 11 is 0. The van der Waals surface area contributed by atoms with Crippen LogP contribution in [0.3, 0.4) is 0 Å². The topological polar surface area (TPSA) is 79.2 Å². The van der Waals surface area contributed by atoms with E-state index in [1.165, 1.54) is 6.92 Å². The van der Waals surface area contributed by atoms with Gasteiger partial charge in [0.15, 0.2) is 6.10 Å². The van der Waals surface area contributed by atoms with Crippen molar-refractivity contribution in [2.75, 3.05) is 5.32 Å². The lowest BCUT2D eigenvalue weighted by Crippen LogP contribution is -2.30. The van der Waals surface area contributed by atoms with E-state index in [0.717, 1.165) is 11.1 Å². The Balaban J connectivity index is 1.68. The Labute approximate surface area is 175 Å². The molecule has 1 amide bonds. The number of hydrogen-bond acceptors (Lipinski definition) is 4. The summed E-state index contributed by atoms with van der Waals surface area (Å²) in [5.74, 6) is -1.12. The van der Waals surface area contributed by atoms with Gasteiger partial charge in [-0.1, -0.05) is 72.8 Å². The number of rotatable bonds is 7. The molecular formula is C25H22N2O3. The molecule has 0 saturated carbocycles. The van der Waals surface area contributed by atoms with E-state index in [-0.39, 0.29) is 12.3 Å². The van der Waals surface area contributed by atoms with Gasteiger partial charge in [0.2, 0.25) is 0 Å². The maximum atomic E-state index is 12.6. The van der Waals surface area contributed by atoms with Gasteiger partial charge < -0.3 is 10.1 Å². The number of carbonyl (C=O) groups is 2. The summed E-state index contributed by atoms with van der Waals surface area (Å²) in [6, 6.07) is 28.2. The van der Waals surface area contributed by atoms with Crippen molar-refractivity contribution >= 4 is 17.6 Å². The molecule has 0 fully saturated rings. The first kappa shape index (κ1) is 20.8. The van der Waals surface area contributed by atoms with Crippen LogP contribution in [0.4, 0.5) is 5.69 Å². The molecule has 0 aliphatic heterocycles. The minimum Gasteiger partial charge on any atom is -0.453 e. The Hall–Kier alpha value is -3.91. The van der Waals surface area contributed by atoms with Crippen LogP contribution in [0.25, 0.3) is 0 Å². The highest BCUT2D eigenvalue weighted by Crippen LogP contribution is 2.28. The monoisotopic (exact) mass is 398 g/mol. The van der Waals surface area contributed by atoms with E-state index >= 15 is 0 Å². The summed E-state index contributed by atoms with van der Waals surface area (Å²) in [5, 5.41) is 11.8. The molecule has 0 bridgehead atoms.